The number of fused-ring (bicyclic) bond motifs is 1. The number of hydrogen-bond donors (Lipinski definition) is 4. The smallest absolute Gasteiger partial charge is 0.404 e. The van der Waals surface area contributed by atoms with Crippen LogP contribution >= 0.6 is 0 Å². The highest BCUT2D eigenvalue weighted by atomic mass is 16.7. The van der Waals surface area contributed by atoms with Gasteiger partial charge in [0.2, 0.25) is 0 Å². The van der Waals surface area contributed by atoms with Crippen molar-refractivity contribution in [1.29, 1.82) is 0 Å². The average molecular weight is 462 g/mol. The molecule has 1 aliphatic heterocycles. The van der Waals surface area contributed by atoms with Gasteiger partial charge in [0.1, 0.15) is 0 Å². The number of aliphatic hydroxyl groups is 1. The van der Waals surface area contributed by atoms with E-state index < -0.39 is 29.9 Å². The molecule has 184 valence electrons. The quantitative estimate of drug-likeness (QED) is 0.443. The zero-order valence-electron chi connectivity index (χ0n) is 20.0. The Morgan fingerprint density at radius 3 is 2.45 bits per heavy atom. The average Bonchev–Trinajstić information content (AvgIpc) is 2.76. The summed E-state index contributed by atoms with van der Waals surface area (Å²) in [6, 6.07) is 8.42. The van der Waals surface area contributed by atoms with Crippen molar-refractivity contribution in [1.82, 2.24) is 15.7 Å². The zero-order chi connectivity index (χ0) is 24.0. The molecule has 1 heterocycles. The van der Waals surface area contributed by atoms with Crippen LogP contribution in [0.3, 0.4) is 0 Å². The number of carbonyl (C=O) groups is 2. The van der Waals surface area contributed by atoms with Gasteiger partial charge >= 0.3 is 6.09 Å². The van der Waals surface area contributed by atoms with Crippen LogP contribution in [0.2, 0.25) is 0 Å². The van der Waals surface area contributed by atoms with Gasteiger partial charge in [-0.1, -0.05) is 49.6 Å². The van der Waals surface area contributed by atoms with Crippen LogP contribution in [0.4, 0.5) is 4.79 Å². The van der Waals surface area contributed by atoms with E-state index in [1.807, 2.05) is 56.0 Å². The SMILES string of the molecule is CC(C)(C)ONC(=O)[C@@H]1C[C@@H]2CCCC[C@@H]2CN1C[C@H](O)[C@H](Cc1ccccc1)NC(=O)O. The minimum absolute atomic E-state index is 0.202. The van der Waals surface area contributed by atoms with E-state index in [9.17, 15) is 19.8 Å². The van der Waals surface area contributed by atoms with Gasteiger partial charge in [-0.05, 0) is 57.4 Å². The fraction of sp³-hybridized carbons (Fsp3) is 0.680. The standard InChI is InChI=1S/C25H39N3O5/c1-25(2,3)33-27-23(30)21-14-18-11-7-8-12-19(18)15-28(21)16-22(29)20(26-24(31)32)13-17-9-5-4-6-10-17/h4-6,9-10,18-22,26,29H,7-8,11-16H2,1-3H3,(H,27,30)(H,31,32)/t18-,19+,20-,21-,22-/m0/s1. The summed E-state index contributed by atoms with van der Waals surface area (Å²) in [4.78, 5) is 32.1. The molecule has 0 bridgehead atoms. The van der Waals surface area contributed by atoms with Crippen molar-refractivity contribution in [2.75, 3.05) is 13.1 Å². The number of nitrogens with zero attached hydrogens (tertiary/aromatic N) is 1. The van der Waals surface area contributed by atoms with Crippen molar-refractivity contribution in [3.05, 3.63) is 35.9 Å². The molecule has 0 unspecified atom stereocenters. The first-order chi connectivity index (χ1) is 15.6. The fourth-order valence-electron chi connectivity index (χ4n) is 5.12. The first kappa shape index (κ1) is 25.5. The summed E-state index contributed by atoms with van der Waals surface area (Å²) in [6.45, 7) is 6.56. The third kappa shape index (κ3) is 7.69. The van der Waals surface area contributed by atoms with Crippen molar-refractivity contribution in [2.24, 2.45) is 11.8 Å². The third-order valence-electron chi connectivity index (χ3n) is 6.76. The van der Waals surface area contributed by atoms with Crippen LogP contribution in [0.15, 0.2) is 30.3 Å². The molecule has 8 nitrogen and oxygen atoms in total. The predicted molar refractivity (Wildman–Crippen MR) is 126 cm³/mol. The van der Waals surface area contributed by atoms with Crippen LogP contribution in [0.1, 0.15) is 58.4 Å². The number of β-amino-alcohol motifs (C(OH)–C–C–N with tert-alkyl or cyclic N) is 1. The monoisotopic (exact) mass is 461 g/mol. The maximum absolute atomic E-state index is 13.1. The first-order valence-electron chi connectivity index (χ1n) is 12.1. The molecule has 1 aromatic carbocycles. The Bertz CT molecular complexity index is 782. The van der Waals surface area contributed by atoms with E-state index in [0.717, 1.165) is 31.4 Å². The Hall–Kier alpha value is -2.16. The van der Waals surface area contributed by atoms with Gasteiger partial charge in [-0.25, -0.2) is 10.3 Å². The van der Waals surface area contributed by atoms with Crippen LogP contribution in [0.25, 0.3) is 0 Å². The fourth-order valence-corrected chi connectivity index (χ4v) is 5.12. The molecule has 1 saturated heterocycles. The zero-order valence-corrected chi connectivity index (χ0v) is 20.0. The third-order valence-corrected chi connectivity index (χ3v) is 6.76. The summed E-state index contributed by atoms with van der Waals surface area (Å²) in [7, 11) is 0. The van der Waals surface area contributed by atoms with Crippen LogP contribution in [-0.2, 0) is 16.1 Å². The van der Waals surface area contributed by atoms with E-state index in [0.29, 0.717) is 18.3 Å². The molecule has 4 N–H and O–H groups in total. The van der Waals surface area contributed by atoms with Gasteiger partial charge in [0.15, 0.2) is 0 Å². The Balaban J connectivity index is 1.73. The number of piperidine rings is 1. The molecule has 2 fully saturated rings. The molecule has 1 saturated carbocycles. The Morgan fingerprint density at radius 1 is 1.15 bits per heavy atom. The Labute approximate surface area is 196 Å². The summed E-state index contributed by atoms with van der Waals surface area (Å²) in [5.41, 5.74) is 3.05. The molecule has 1 aliphatic carbocycles. The summed E-state index contributed by atoms with van der Waals surface area (Å²) in [5.74, 6) is 0.792. The number of aliphatic hydroxyl groups excluding tert-OH is 1. The van der Waals surface area contributed by atoms with Crippen LogP contribution in [-0.4, -0.2) is 64.0 Å². The Morgan fingerprint density at radius 2 is 1.82 bits per heavy atom. The minimum Gasteiger partial charge on any atom is -0.465 e. The van der Waals surface area contributed by atoms with E-state index in [1.165, 1.54) is 12.8 Å². The first-order valence-corrected chi connectivity index (χ1v) is 12.1. The number of amides is 2. The number of likely N-dealkylation sites (tertiary alicyclic amines) is 1. The maximum atomic E-state index is 13.1. The van der Waals surface area contributed by atoms with E-state index >= 15 is 0 Å². The predicted octanol–water partition coefficient (Wildman–Crippen LogP) is 2.95. The van der Waals surface area contributed by atoms with Crippen molar-refractivity contribution in [3.63, 3.8) is 0 Å². The van der Waals surface area contributed by atoms with E-state index in [4.69, 9.17) is 4.84 Å². The molecule has 33 heavy (non-hydrogen) atoms. The minimum atomic E-state index is -1.17. The van der Waals surface area contributed by atoms with E-state index in [1.54, 1.807) is 0 Å². The van der Waals surface area contributed by atoms with Gasteiger partial charge in [0.25, 0.3) is 5.91 Å². The number of rotatable bonds is 8. The second-order valence-electron chi connectivity index (χ2n) is 10.5. The second kappa shape index (κ2) is 11.3. The lowest BCUT2D eigenvalue weighted by atomic mass is 9.72. The molecule has 0 radical (unpaired) electrons. The topological polar surface area (TPSA) is 111 Å². The van der Waals surface area contributed by atoms with E-state index in [2.05, 4.69) is 10.8 Å². The number of carbonyl (C=O) groups excluding carboxylic acids is 1. The maximum Gasteiger partial charge on any atom is 0.404 e. The largest absolute Gasteiger partial charge is 0.465 e. The van der Waals surface area contributed by atoms with Gasteiger partial charge in [-0.15, -0.1) is 0 Å². The number of hydrogen-bond acceptors (Lipinski definition) is 5. The lowest BCUT2D eigenvalue weighted by Gasteiger charge is -2.46. The Kier molecular flexibility index (Phi) is 8.73. The molecule has 8 heteroatoms. The van der Waals surface area contributed by atoms with E-state index in [-0.39, 0.29) is 12.5 Å². The van der Waals surface area contributed by atoms with Gasteiger partial charge in [0.05, 0.1) is 23.8 Å². The van der Waals surface area contributed by atoms with Gasteiger partial charge < -0.3 is 15.5 Å². The van der Waals surface area contributed by atoms with Crippen LogP contribution in [0.5, 0.6) is 0 Å². The van der Waals surface area contributed by atoms with Crippen molar-refractivity contribution in [2.45, 2.75) is 83.1 Å². The molecule has 0 aromatic heterocycles. The molecular formula is C25H39N3O5. The van der Waals surface area contributed by atoms with Crippen molar-refractivity contribution in [3.8, 4) is 0 Å². The van der Waals surface area contributed by atoms with Gasteiger partial charge in [-0.3, -0.25) is 14.5 Å². The van der Waals surface area contributed by atoms with Crippen LogP contribution < -0.4 is 10.8 Å². The summed E-state index contributed by atoms with van der Waals surface area (Å²) >= 11 is 0. The van der Waals surface area contributed by atoms with Crippen molar-refractivity contribution >= 4 is 12.0 Å². The lowest BCUT2D eigenvalue weighted by molar-refractivity contribution is -0.155. The second-order valence-corrected chi connectivity index (χ2v) is 10.5. The van der Waals surface area contributed by atoms with Crippen molar-refractivity contribution < 1.29 is 24.6 Å². The van der Waals surface area contributed by atoms with Gasteiger partial charge in [0, 0.05) is 13.1 Å². The number of hydroxylamine groups is 1. The normalized spacial score (nSPS) is 25.5. The molecule has 3 rings (SSSR count). The molecule has 0 spiro atoms. The molecule has 2 amide bonds. The number of benzene rings is 1. The molecule has 1 aromatic rings. The molecule has 5 atom stereocenters. The number of carboxylic acid groups (broad SMARTS) is 1. The van der Waals surface area contributed by atoms with Crippen LogP contribution in [0, 0.1) is 11.8 Å². The molecule has 2 aliphatic rings. The highest BCUT2D eigenvalue weighted by Gasteiger charge is 2.41. The summed E-state index contributed by atoms with van der Waals surface area (Å²) < 4.78 is 0. The highest BCUT2D eigenvalue weighted by Crippen LogP contribution is 2.38. The highest BCUT2D eigenvalue weighted by molar-refractivity contribution is 5.81. The summed E-state index contributed by atoms with van der Waals surface area (Å²) in [6.07, 6.45) is 3.61. The number of nitrogens with one attached hydrogen (secondary N) is 2. The molecular weight excluding hydrogens is 422 g/mol. The van der Waals surface area contributed by atoms with Gasteiger partial charge in [-0.2, -0.15) is 0 Å². The lowest BCUT2D eigenvalue weighted by Crippen LogP contribution is -2.59. The summed E-state index contributed by atoms with van der Waals surface area (Å²) in [5, 5.41) is 22.9.